The number of hydrogen-bond acceptors (Lipinski definition) is 4. The van der Waals surface area contributed by atoms with Gasteiger partial charge in [-0.1, -0.05) is 54.6 Å². The Morgan fingerprint density at radius 1 is 0.718 bits per heavy atom. The van der Waals surface area contributed by atoms with E-state index in [1.807, 2.05) is 6.07 Å². The zero-order chi connectivity index (χ0) is 28.0. The van der Waals surface area contributed by atoms with Crippen LogP contribution in [-0.4, -0.2) is 18.0 Å². The highest BCUT2D eigenvalue weighted by atomic mass is 19.4. The highest BCUT2D eigenvalue weighted by molar-refractivity contribution is 5.60. The number of halogens is 6. The van der Waals surface area contributed by atoms with Crippen LogP contribution < -0.4 is 14.4 Å². The molecule has 0 saturated heterocycles. The van der Waals surface area contributed by atoms with Crippen molar-refractivity contribution in [2.75, 3.05) is 11.4 Å². The van der Waals surface area contributed by atoms with Gasteiger partial charge in [0.25, 0.3) is 0 Å². The molecule has 4 nitrogen and oxygen atoms in total. The van der Waals surface area contributed by atoms with Gasteiger partial charge in [-0.05, 0) is 59.7 Å². The fourth-order valence-electron chi connectivity index (χ4n) is 3.94. The Bertz CT molecular complexity index is 1360. The molecule has 0 fully saturated rings. The van der Waals surface area contributed by atoms with Gasteiger partial charge in [-0.25, -0.2) is 0 Å². The minimum absolute atomic E-state index is 0.0297. The maximum atomic E-state index is 13.0. The Morgan fingerprint density at radius 3 is 2.03 bits per heavy atom. The third kappa shape index (κ3) is 7.90. The average molecular weight is 547 g/mol. The van der Waals surface area contributed by atoms with Crippen molar-refractivity contribution in [3.63, 3.8) is 0 Å². The Labute approximate surface area is 220 Å². The van der Waals surface area contributed by atoms with Gasteiger partial charge in [0.1, 0.15) is 11.5 Å². The van der Waals surface area contributed by atoms with Crippen LogP contribution in [0.4, 0.5) is 32.0 Å². The van der Waals surface area contributed by atoms with E-state index >= 15 is 0 Å². The van der Waals surface area contributed by atoms with E-state index in [0.29, 0.717) is 22.7 Å². The summed E-state index contributed by atoms with van der Waals surface area (Å²) >= 11 is 0. The lowest BCUT2D eigenvalue weighted by molar-refractivity contribution is -0.274. The van der Waals surface area contributed by atoms with Gasteiger partial charge >= 0.3 is 12.5 Å². The van der Waals surface area contributed by atoms with Crippen LogP contribution in [0.5, 0.6) is 17.2 Å². The molecule has 4 aromatic rings. The summed E-state index contributed by atoms with van der Waals surface area (Å²) in [7, 11) is 0. The largest absolute Gasteiger partial charge is 0.573 e. The summed E-state index contributed by atoms with van der Waals surface area (Å²) in [6.07, 6.45) is -10.6. The molecule has 4 aromatic carbocycles. The van der Waals surface area contributed by atoms with Crippen molar-refractivity contribution in [3.8, 4) is 17.2 Å². The van der Waals surface area contributed by atoms with E-state index in [2.05, 4.69) is 4.74 Å². The van der Waals surface area contributed by atoms with Crippen LogP contribution in [-0.2, 0) is 12.7 Å². The molecule has 4 rings (SSSR count). The van der Waals surface area contributed by atoms with E-state index in [1.54, 1.807) is 59.5 Å². The highest BCUT2D eigenvalue weighted by Gasteiger charge is 2.32. The van der Waals surface area contributed by atoms with Crippen molar-refractivity contribution >= 4 is 5.69 Å². The molecule has 0 aliphatic heterocycles. The Balaban J connectivity index is 1.66. The van der Waals surface area contributed by atoms with Gasteiger partial charge in [0, 0.05) is 13.1 Å². The van der Waals surface area contributed by atoms with Gasteiger partial charge in [0.05, 0.1) is 17.4 Å². The molecule has 0 aliphatic rings. The summed E-state index contributed by atoms with van der Waals surface area (Å²) in [4.78, 5) is 1.67. The molecular formula is C29H23F6NO3. The number of hydrogen-bond donors (Lipinski definition) is 1. The lowest BCUT2D eigenvalue weighted by Crippen LogP contribution is -2.28. The smallest absolute Gasteiger partial charge is 0.455 e. The van der Waals surface area contributed by atoms with E-state index in [0.717, 1.165) is 12.1 Å². The molecule has 1 atom stereocenters. The summed E-state index contributed by atoms with van der Waals surface area (Å²) in [6, 6.07) is 25.3. The van der Waals surface area contributed by atoms with E-state index in [1.165, 1.54) is 30.3 Å². The summed E-state index contributed by atoms with van der Waals surface area (Å²) in [5.74, 6) is 0.539. The zero-order valence-corrected chi connectivity index (χ0v) is 20.3. The number of aliphatic hydroxyl groups is 1. The predicted molar refractivity (Wildman–Crippen MR) is 134 cm³/mol. The van der Waals surface area contributed by atoms with Crippen molar-refractivity contribution in [1.29, 1.82) is 0 Å². The lowest BCUT2D eigenvalue weighted by atomic mass is 10.1. The van der Waals surface area contributed by atoms with Crippen molar-refractivity contribution in [1.82, 2.24) is 0 Å². The molecule has 1 N–H and O–H groups in total. The summed E-state index contributed by atoms with van der Waals surface area (Å²) < 4.78 is 87.3. The fourth-order valence-corrected chi connectivity index (χ4v) is 3.94. The van der Waals surface area contributed by atoms with E-state index < -0.39 is 30.0 Å². The first kappa shape index (κ1) is 27.8. The number of nitrogens with zero attached hydrogens (tertiary/aromatic N) is 1. The van der Waals surface area contributed by atoms with Gasteiger partial charge < -0.3 is 19.5 Å². The number of ether oxygens (including phenoxy) is 2. The molecule has 0 saturated carbocycles. The Hall–Kier alpha value is -4.18. The first-order chi connectivity index (χ1) is 18.5. The number of para-hydroxylation sites is 3. The van der Waals surface area contributed by atoms with Crippen molar-refractivity contribution in [2.24, 2.45) is 0 Å². The van der Waals surface area contributed by atoms with Gasteiger partial charge in [0.15, 0.2) is 5.75 Å². The minimum Gasteiger partial charge on any atom is -0.455 e. The molecule has 0 heterocycles. The van der Waals surface area contributed by atoms with Gasteiger partial charge in [-0.15, -0.1) is 13.2 Å². The van der Waals surface area contributed by atoms with E-state index in [9.17, 15) is 31.4 Å². The number of rotatable bonds is 9. The summed E-state index contributed by atoms with van der Waals surface area (Å²) in [6.45, 7) is -0.0766. The number of alkyl halides is 6. The monoisotopic (exact) mass is 547 g/mol. The molecule has 0 aliphatic carbocycles. The van der Waals surface area contributed by atoms with Gasteiger partial charge in [-0.3, -0.25) is 0 Å². The first-order valence-corrected chi connectivity index (χ1v) is 11.7. The third-order valence-electron chi connectivity index (χ3n) is 5.70. The standard InChI is InChI=1S/C29H23F6NO3/c30-28(31,32)22-15-13-21(14-16-22)26(37)19-36(18-20-7-6-10-24(17-20)39-29(33,34)35)25-11-4-5-12-27(25)38-23-8-2-1-3-9-23/h1-17,26,37H,18-19H2. The number of anilines is 1. The van der Waals surface area contributed by atoms with Crippen molar-refractivity contribution in [3.05, 3.63) is 120 Å². The minimum atomic E-state index is -4.87. The second-order valence-corrected chi connectivity index (χ2v) is 8.59. The van der Waals surface area contributed by atoms with Gasteiger partial charge in [-0.2, -0.15) is 13.2 Å². The van der Waals surface area contributed by atoms with Crippen LogP contribution in [0, 0.1) is 0 Å². The van der Waals surface area contributed by atoms with Crippen LogP contribution in [0.25, 0.3) is 0 Å². The molecule has 0 spiro atoms. The SMILES string of the molecule is OC(CN(Cc1cccc(OC(F)(F)F)c1)c1ccccc1Oc1ccccc1)c1ccc(C(F)(F)F)cc1. The molecule has 1 unspecified atom stereocenters. The molecule has 0 bridgehead atoms. The van der Waals surface area contributed by atoms with Crippen molar-refractivity contribution < 1.29 is 40.9 Å². The second-order valence-electron chi connectivity index (χ2n) is 8.59. The van der Waals surface area contributed by atoms with Crippen LogP contribution in [0.3, 0.4) is 0 Å². The third-order valence-corrected chi connectivity index (χ3v) is 5.70. The van der Waals surface area contributed by atoms with Crippen LogP contribution in [0.15, 0.2) is 103 Å². The Kier molecular flexibility index (Phi) is 8.35. The predicted octanol–water partition coefficient (Wildman–Crippen LogP) is 8.14. The molecular weight excluding hydrogens is 524 g/mol. The van der Waals surface area contributed by atoms with E-state index in [-0.39, 0.29) is 18.7 Å². The molecule has 0 aromatic heterocycles. The molecule has 204 valence electrons. The molecule has 39 heavy (non-hydrogen) atoms. The lowest BCUT2D eigenvalue weighted by Gasteiger charge is -2.29. The van der Waals surface area contributed by atoms with E-state index in [4.69, 9.17) is 4.74 Å². The summed E-state index contributed by atoms with van der Waals surface area (Å²) in [5.41, 5.74) is 0.336. The number of aliphatic hydroxyl groups excluding tert-OH is 1. The summed E-state index contributed by atoms with van der Waals surface area (Å²) in [5, 5.41) is 11.0. The van der Waals surface area contributed by atoms with Crippen molar-refractivity contribution in [2.45, 2.75) is 25.2 Å². The topological polar surface area (TPSA) is 41.9 Å². The quantitative estimate of drug-likeness (QED) is 0.215. The average Bonchev–Trinajstić information content (AvgIpc) is 2.88. The highest BCUT2D eigenvalue weighted by Crippen LogP contribution is 2.35. The number of benzene rings is 4. The maximum Gasteiger partial charge on any atom is 0.573 e. The Morgan fingerprint density at radius 2 is 1.36 bits per heavy atom. The normalized spacial score (nSPS) is 12.6. The maximum absolute atomic E-state index is 13.0. The second kappa shape index (κ2) is 11.7. The molecule has 0 radical (unpaired) electrons. The van der Waals surface area contributed by atoms with Crippen LogP contribution in [0.2, 0.25) is 0 Å². The van der Waals surface area contributed by atoms with Crippen LogP contribution >= 0.6 is 0 Å². The molecule has 10 heteroatoms. The van der Waals surface area contributed by atoms with Crippen LogP contribution in [0.1, 0.15) is 22.8 Å². The molecule has 0 amide bonds. The van der Waals surface area contributed by atoms with Gasteiger partial charge in [0.2, 0.25) is 0 Å². The zero-order valence-electron chi connectivity index (χ0n) is 20.3. The fraction of sp³-hybridized carbons (Fsp3) is 0.172. The first-order valence-electron chi connectivity index (χ1n) is 11.7.